The molecule has 3 aromatic rings. The number of carbonyl (C=O) groups excluding carboxylic acids is 1. The summed E-state index contributed by atoms with van der Waals surface area (Å²) in [4.78, 5) is 19.3. The third-order valence-corrected chi connectivity index (χ3v) is 8.32. The molecule has 0 atom stereocenters. The molecule has 8 nitrogen and oxygen atoms in total. The Balaban J connectivity index is 1.39. The molecule has 0 unspecified atom stereocenters. The molecule has 0 bridgehead atoms. The first-order valence-corrected chi connectivity index (χ1v) is 12.3. The van der Waals surface area contributed by atoms with Crippen LogP contribution in [0.5, 0.6) is 0 Å². The summed E-state index contributed by atoms with van der Waals surface area (Å²) in [5, 5.41) is 4.68. The number of fused-ring (bicyclic) bond motifs is 1. The van der Waals surface area contributed by atoms with E-state index in [1.807, 2.05) is 31.4 Å². The first-order chi connectivity index (χ1) is 15.2. The third kappa shape index (κ3) is 4.24. The molecule has 1 aliphatic heterocycles. The summed E-state index contributed by atoms with van der Waals surface area (Å²) in [5.41, 5.74) is 4.62. The summed E-state index contributed by atoms with van der Waals surface area (Å²) in [6.07, 6.45) is 0.906. The van der Waals surface area contributed by atoms with Crippen LogP contribution in [0.25, 0.3) is 5.65 Å². The van der Waals surface area contributed by atoms with Gasteiger partial charge in [0.15, 0.2) is 5.65 Å². The zero-order valence-electron chi connectivity index (χ0n) is 18.4. The lowest BCUT2D eigenvalue weighted by molar-refractivity contribution is -0.132. The number of benzene rings is 1. The van der Waals surface area contributed by atoms with E-state index in [1.165, 1.54) is 10.4 Å². The summed E-state index contributed by atoms with van der Waals surface area (Å²) >= 11 is 6.09. The minimum atomic E-state index is -3.68. The monoisotopic (exact) mass is 475 g/mol. The maximum Gasteiger partial charge on any atom is 0.244 e. The van der Waals surface area contributed by atoms with Crippen molar-refractivity contribution in [3.05, 3.63) is 58.0 Å². The smallest absolute Gasteiger partial charge is 0.244 e. The first kappa shape index (κ1) is 22.7. The van der Waals surface area contributed by atoms with Crippen LogP contribution in [0.3, 0.4) is 0 Å². The molecular formula is C22H26ClN5O3S. The molecule has 0 radical (unpaired) electrons. The van der Waals surface area contributed by atoms with E-state index in [0.717, 1.165) is 28.3 Å². The molecule has 3 heterocycles. The number of rotatable bonds is 5. The molecule has 1 saturated heterocycles. The number of aromatic nitrogens is 3. The molecule has 10 heteroatoms. The molecule has 170 valence electrons. The van der Waals surface area contributed by atoms with Gasteiger partial charge in [0.25, 0.3) is 0 Å². The number of carbonyl (C=O) groups is 1. The van der Waals surface area contributed by atoms with Crippen LogP contribution < -0.4 is 0 Å². The zero-order valence-corrected chi connectivity index (χ0v) is 19.9. The quantitative estimate of drug-likeness (QED) is 0.566. The van der Waals surface area contributed by atoms with Crippen LogP contribution >= 0.6 is 11.6 Å². The Hall–Kier alpha value is -2.49. The van der Waals surface area contributed by atoms with E-state index in [4.69, 9.17) is 11.6 Å². The van der Waals surface area contributed by atoms with Crippen LogP contribution in [0.1, 0.15) is 29.1 Å². The number of halogens is 1. The van der Waals surface area contributed by atoms with Crippen molar-refractivity contribution in [3.63, 3.8) is 0 Å². The van der Waals surface area contributed by atoms with Crippen LogP contribution in [-0.2, 0) is 21.2 Å². The van der Waals surface area contributed by atoms with E-state index in [9.17, 15) is 13.2 Å². The lowest BCUT2D eigenvalue weighted by Gasteiger charge is -2.34. The lowest BCUT2D eigenvalue weighted by Crippen LogP contribution is -2.50. The predicted molar refractivity (Wildman–Crippen MR) is 122 cm³/mol. The fourth-order valence-electron chi connectivity index (χ4n) is 4.16. The van der Waals surface area contributed by atoms with Crippen molar-refractivity contribution in [2.24, 2.45) is 0 Å². The van der Waals surface area contributed by atoms with Crippen LogP contribution in [0.4, 0.5) is 0 Å². The van der Waals surface area contributed by atoms with E-state index in [-0.39, 0.29) is 28.9 Å². The molecule has 0 spiro atoms. The topological polar surface area (TPSA) is 87.9 Å². The van der Waals surface area contributed by atoms with Crippen LogP contribution in [0.2, 0.25) is 5.02 Å². The zero-order chi connectivity index (χ0) is 23.0. The molecule has 1 aromatic carbocycles. The fourth-order valence-corrected chi connectivity index (χ4v) is 6.08. The average Bonchev–Trinajstić information content (AvgIpc) is 3.14. The number of sulfonamides is 1. The van der Waals surface area contributed by atoms with Crippen molar-refractivity contribution in [2.45, 2.75) is 38.5 Å². The van der Waals surface area contributed by atoms with Gasteiger partial charge in [-0.3, -0.25) is 4.79 Å². The van der Waals surface area contributed by atoms with E-state index in [0.29, 0.717) is 25.9 Å². The molecule has 1 aliphatic rings. The van der Waals surface area contributed by atoms with Crippen molar-refractivity contribution in [3.8, 4) is 0 Å². The lowest BCUT2D eigenvalue weighted by atomic mass is 10.1. The first-order valence-electron chi connectivity index (χ1n) is 10.5. The second-order valence-corrected chi connectivity index (χ2v) is 10.3. The minimum Gasteiger partial charge on any atom is -0.340 e. The van der Waals surface area contributed by atoms with Gasteiger partial charge in [0.05, 0.1) is 10.7 Å². The third-order valence-electron chi connectivity index (χ3n) is 5.92. The Kier molecular flexibility index (Phi) is 6.24. The van der Waals surface area contributed by atoms with E-state index >= 15 is 0 Å². The van der Waals surface area contributed by atoms with Crippen molar-refractivity contribution in [2.75, 3.05) is 26.2 Å². The van der Waals surface area contributed by atoms with Gasteiger partial charge in [-0.15, -0.1) is 0 Å². The Morgan fingerprint density at radius 2 is 1.78 bits per heavy atom. The molecule has 0 saturated carbocycles. The molecule has 1 amide bonds. The highest BCUT2D eigenvalue weighted by Crippen LogP contribution is 2.25. The normalized spacial score (nSPS) is 15.4. The summed E-state index contributed by atoms with van der Waals surface area (Å²) < 4.78 is 29.0. The second kappa shape index (κ2) is 8.80. The van der Waals surface area contributed by atoms with Gasteiger partial charge < -0.3 is 4.90 Å². The Labute approximate surface area is 192 Å². The van der Waals surface area contributed by atoms with Crippen molar-refractivity contribution in [1.82, 2.24) is 23.8 Å². The van der Waals surface area contributed by atoms with Gasteiger partial charge >= 0.3 is 0 Å². The minimum absolute atomic E-state index is 0.00957. The maximum absolute atomic E-state index is 12.9. The molecule has 1 fully saturated rings. The number of piperazine rings is 1. The van der Waals surface area contributed by atoms with Gasteiger partial charge in [0, 0.05) is 50.1 Å². The highest BCUT2D eigenvalue weighted by Gasteiger charge is 2.31. The number of aryl methyl sites for hydroxylation is 3. The molecule has 32 heavy (non-hydrogen) atoms. The SMILES string of the molecule is Cc1cc2nc(C)c(CCC(=O)N3CCN(S(=O)(=O)c4ccccc4Cl)CC3)c(C)n2n1. The Morgan fingerprint density at radius 3 is 2.47 bits per heavy atom. The number of amides is 1. The van der Waals surface area contributed by atoms with Crippen molar-refractivity contribution in [1.29, 1.82) is 0 Å². The van der Waals surface area contributed by atoms with Gasteiger partial charge in [-0.1, -0.05) is 23.7 Å². The van der Waals surface area contributed by atoms with Gasteiger partial charge in [0.2, 0.25) is 15.9 Å². The average molecular weight is 476 g/mol. The molecule has 4 rings (SSSR count). The second-order valence-electron chi connectivity index (χ2n) is 8.03. The van der Waals surface area contributed by atoms with Crippen molar-refractivity contribution >= 4 is 33.2 Å². The number of hydrogen-bond donors (Lipinski definition) is 0. The number of nitrogens with zero attached hydrogens (tertiary/aromatic N) is 5. The molecule has 2 aromatic heterocycles. The molecule has 0 N–H and O–H groups in total. The summed E-state index contributed by atoms with van der Waals surface area (Å²) in [6.45, 7) is 7.08. The summed E-state index contributed by atoms with van der Waals surface area (Å²) in [5.74, 6) is 0.00957. The van der Waals surface area contributed by atoms with Crippen LogP contribution in [-0.4, -0.2) is 64.3 Å². The fraction of sp³-hybridized carbons (Fsp3) is 0.409. The van der Waals surface area contributed by atoms with E-state index in [1.54, 1.807) is 23.1 Å². The number of hydrogen-bond acceptors (Lipinski definition) is 5. The Morgan fingerprint density at radius 1 is 1.09 bits per heavy atom. The molecular weight excluding hydrogens is 450 g/mol. The van der Waals surface area contributed by atoms with Crippen LogP contribution in [0, 0.1) is 20.8 Å². The van der Waals surface area contributed by atoms with E-state index < -0.39 is 10.0 Å². The summed E-state index contributed by atoms with van der Waals surface area (Å²) in [6, 6.07) is 8.35. The van der Waals surface area contributed by atoms with E-state index in [2.05, 4.69) is 10.1 Å². The van der Waals surface area contributed by atoms with Gasteiger partial charge in [0.1, 0.15) is 4.90 Å². The standard InChI is InChI=1S/C22H26ClN5O3S/c1-15-14-21-24-16(2)18(17(3)28(21)25-15)8-9-22(29)26-10-12-27(13-11-26)32(30,31)20-7-5-4-6-19(20)23/h4-7,14H,8-13H2,1-3H3. The van der Waals surface area contributed by atoms with Crippen molar-refractivity contribution < 1.29 is 13.2 Å². The van der Waals surface area contributed by atoms with Gasteiger partial charge in [-0.25, -0.2) is 17.9 Å². The highest BCUT2D eigenvalue weighted by atomic mass is 35.5. The Bertz CT molecular complexity index is 1280. The highest BCUT2D eigenvalue weighted by molar-refractivity contribution is 7.89. The predicted octanol–water partition coefficient (Wildman–Crippen LogP) is 2.77. The summed E-state index contributed by atoms with van der Waals surface area (Å²) in [7, 11) is -3.68. The van der Waals surface area contributed by atoms with Crippen LogP contribution in [0.15, 0.2) is 35.2 Å². The molecule has 0 aliphatic carbocycles. The maximum atomic E-state index is 12.9. The largest absolute Gasteiger partial charge is 0.340 e. The van der Waals surface area contributed by atoms with Gasteiger partial charge in [-0.2, -0.15) is 9.40 Å². The van der Waals surface area contributed by atoms with Gasteiger partial charge in [-0.05, 0) is 44.9 Å².